The molecule has 0 saturated carbocycles. The van der Waals surface area contributed by atoms with Gasteiger partial charge >= 0.3 is 5.97 Å². The summed E-state index contributed by atoms with van der Waals surface area (Å²) in [6.45, 7) is 5.14. The molecule has 35 heavy (non-hydrogen) atoms. The molecule has 1 N–H and O–H groups in total. The van der Waals surface area contributed by atoms with E-state index in [1.165, 1.54) is 30.3 Å². The van der Waals surface area contributed by atoms with Crippen LogP contribution in [0.25, 0.3) is 11.5 Å². The van der Waals surface area contributed by atoms with E-state index in [0.717, 1.165) is 23.3 Å². The number of carbonyl (C=O) groups excluding carboxylic acids is 1. The number of halogens is 1. The third-order valence-corrected chi connectivity index (χ3v) is 6.70. The zero-order valence-corrected chi connectivity index (χ0v) is 20.0. The molecule has 180 valence electrons. The minimum absolute atomic E-state index is 0.0280. The molecule has 0 fully saturated rings. The van der Waals surface area contributed by atoms with E-state index in [4.69, 9.17) is 9.15 Å². The topological polar surface area (TPSA) is 111 Å². The highest BCUT2D eigenvalue weighted by Crippen LogP contribution is 2.25. The first-order valence-electron chi connectivity index (χ1n) is 10.6. The minimum atomic E-state index is -4.05. The normalized spacial score (nSPS) is 12.2. The molecule has 0 amide bonds. The molecule has 0 spiro atoms. The third kappa shape index (κ3) is 5.55. The highest BCUT2D eigenvalue weighted by Gasteiger charge is 2.23. The van der Waals surface area contributed by atoms with Crippen molar-refractivity contribution in [2.45, 2.75) is 31.8 Å². The lowest BCUT2D eigenvalue weighted by atomic mass is 10.1. The fourth-order valence-corrected chi connectivity index (χ4v) is 4.57. The van der Waals surface area contributed by atoms with Crippen LogP contribution in [0.15, 0.2) is 76.0 Å². The summed E-state index contributed by atoms with van der Waals surface area (Å²) in [5.74, 6) is -0.855. The van der Waals surface area contributed by atoms with Gasteiger partial charge in [-0.15, -0.1) is 10.2 Å². The van der Waals surface area contributed by atoms with E-state index in [2.05, 4.69) is 14.9 Å². The van der Waals surface area contributed by atoms with Crippen LogP contribution in [-0.4, -0.2) is 24.6 Å². The van der Waals surface area contributed by atoms with Crippen molar-refractivity contribution < 1.29 is 26.8 Å². The fraction of sp³-hybridized carbons (Fsp3) is 0.160. The third-order valence-electron chi connectivity index (χ3n) is 5.18. The highest BCUT2D eigenvalue weighted by atomic mass is 32.2. The Morgan fingerprint density at radius 1 is 1.00 bits per heavy atom. The summed E-state index contributed by atoms with van der Waals surface area (Å²) in [7, 11) is -4.05. The number of ether oxygens (including phenoxy) is 1. The van der Waals surface area contributed by atoms with Crippen molar-refractivity contribution in [2.75, 3.05) is 4.72 Å². The predicted octanol–water partition coefficient (Wildman–Crippen LogP) is 5.21. The van der Waals surface area contributed by atoms with Gasteiger partial charge in [0, 0.05) is 11.3 Å². The SMILES string of the molecule is Cc1ccc(-c2nnc(C(C)OC(=O)c3ccc(C)c(S(=O)(=O)Nc4ccc(F)cc4)c3)o2)cc1. The van der Waals surface area contributed by atoms with Crippen molar-refractivity contribution in [1.82, 2.24) is 10.2 Å². The molecular formula is C25H22FN3O5S. The Bertz CT molecular complexity index is 1470. The number of rotatable bonds is 7. The average Bonchev–Trinajstić information content (AvgIpc) is 3.31. The summed E-state index contributed by atoms with van der Waals surface area (Å²) in [6.07, 6.45) is -0.868. The summed E-state index contributed by atoms with van der Waals surface area (Å²) in [4.78, 5) is 12.7. The molecule has 0 aliphatic heterocycles. The Hall–Kier alpha value is -4.05. The molecule has 8 nitrogen and oxygen atoms in total. The average molecular weight is 496 g/mol. The number of esters is 1. The second-order valence-electron chi connectivity index (χ2n) is 7.95. The number of hydrogen-bond donors (Lipinski definition) is 1. The summed E-state index contributed by atoms with van der Waals surface area (Å²) in [6, 6.07) is 16.6. The quantitative estimate of drug-likeness (QED) is 0.350. The number of benzene rings is 3. The molecule has 1 aromatic heterocycles. The summed E-state index contributed by atoms with van der Waals surface area (Å²) < 4.78 is 52.4. The molecule has 0 saturated heterocycles. The van der Waals surface area contributed by atoms with E-state index in [1.807, 2.05) is 31.2 Å². The van der Waals surface area contributed by atoms with Gasteiger partial charge in [0.05, 0.1) is 10.5 Å². The lowest BCUT2D eigenvalue weighted by Gasteiger charge is -2.13. The summed E-state index contributed by atoms with van der Waals surface area (Å²) in [5.41, 5.74) is 2.45. The Morgan fingerprint density at radius 2 is 1.69 bits per heavy atom. The van der Waals surface area contributed by atoms with Crippen LogP contribution in [0.4, 0.5) is 10.1 Å². The van der Waals surface area contributed by atoms with Crippen LogP contribution in [-0.2, 0) is 14.8 Å². The maximum atomic E-state index is 13.1. The first kappa shape index (κ1) is 24.1. The van der Waals surface area contributed by atoms with Crippen LogP contribution >= 0.6 is 0 Å². The second kappa shape index (κ2) is 9.67. The van der Waals surface area contributed by atoms with Crippen LogP contribution in [0.5, 0.6) is 0 Å². The van der Waals surface area contributed by atoms with Crippen molar-refractivity contribution in [3.63, 3.8) is 0 Å². The van der Waals surface area contributed by atoms with Gasteiger partial charge in [0.2, 0.25) is 5.89 Å². The Kier molecular flexibility index (Phi) is 6.65. The van der Waals surface area contributed by atoms with Gasteiger partial charge in [-0.05, 0) is 74.9 Å². The fourth-order valence-electron chi connectivity index (χ4n) is 3.24. The zero-order chi connectivity index (χ0) is 25.2. The summed E-state index contributed by atoms with van der Waals surface area (Å²) >= 11 is 0. The van der Waals surface area contributed by atoms with E-state index >= 15 is 0 Å². The smallest absolute Gasteiger partial charge is 0.338 e. The molecule has 3 aromatic carbocycles. The number of anilines is 1. The van der Waals surface area contributed by atoms with Crippen LogP contribution in [0.2, 0.25) is 0 Å². The van der Waals surface area contributed by atoms with Gasteiger partial charge in [-0.25, -0.2) is 17.6 Å². The molecule has 0 bridgehead atoms. The number of aromatic nitrogens is 2. The maximum absolute atomic E-state index is 13.1. The van der Waals surface area contributed by atoms with Crippen LogP contribution in [0, 0.1) is 19.7 Å². The van der Waals surface area contributed by atoms with Crippen LogP contribution in [0.1, 0.15) is 40.4 Å². The molecule has 10 heteroatoms. The molecule has 1 heterocycles. The van der Waals surface area contributed by atoms with E-state index in [0.29, 0.717) is 11.5 Å². The Labute approximate surface area is 201 Å². The molecule has 4 aromatic rings. The van der Waals surface area contributed by atoms with Gasteiger partial charge in [0.25, 0.3) is 15.9 Å². The second-order valence-corrected chi connectivity index (χ2v) is 9.60. The van der Waals surface area contributed by atoms with E-state index in [-0.39, 0.29) is 22.0 Å². The van der Waals surface area contributed by atoms with E-state index < -0.39 is 27.9 Å². The maximum Gasteiger partial charge on any atom is 0.338 e. The first-order valence-corrected chi connectivity index (χ1v) is 12.1. The lowest BCUT2D eigenvalue weighted by molar-refractivity contribution is 0.0279. The number of sulfonamides is 1. The van der Waals surface area contributed by atoms with Gasteiger partial charge in [-0.3, -0.25) is 4.72 Å². The van der Waals surface area contributed by atoms with Gasteiger partial charge in [-0.1, -0.05) is 23.8 Å². The monoisotopic (exact) mass is 495 g/mol. The van der Waals surface area contributed by atoms with Crippen molar-refractivity contribution >= 4 is 21.7 Å². The predicted molar refractivity (Wildman–Crippen MR) is 127 cm³/mol. The Morgan fingerprint density at radius 3 is 2.37 bits per heavy atom. The van der Waals surface area contributed by atoms with Crippen molar-refractivity contribution in [3.05, 3.63) is 95.1 Å². The molecular weight excluding hydrogens is 473 g/mol. The first-order chi connectivity index (χ1) is 16.6. The van der Waals surface area contributed by atoms with Crippen molar-refractivity contribution in [1.29, 1.82) is 0 Å². The number of carbonyl (C=O) groups is 1. The van der Waals surface area contributed by atoms with Gasteiger partial charge in [-0.2, -0.15) is 0 Å². The summed E-state index contributed by atoms with van der Waals surface area (Å²) in [5, 5.41) is 7.96. The van der Waals surface area contributed by atoms with E-state index in [1.54, 1.807) is 13.8 Å². The molecule has 0 aliphatic rings. The number of aryl methyl sites for hydroxylation is 2. The Balaban J connectivity index is 1.50. The van der Waals surface area contributed by atoms with Crippen molar-refractivity contribution in [2.24, 2.45) is 0 Å². The van der Waals surface area contributed by atoms with Crippen LogP contribution < -0.4 is 4.72 Å². The van der Waals surface area contributed by atoms with Crippen molar-refractivity contribution in [3.8, 4) is 11.5 Å². The number of nitrogens with zero attached hydrogens (tertiary/aromatic N) is 2. The van der Waals surface area contributed by atoms with Gasteiger partial charge < -0.3 is 9.15 Å². The van der Waals surface area contributed by atoms with E-state index in [9.17, 15) is 17.6 Å². The van der Waals surface area contributed by atoms with Gasteiger partial charge in [0.15, 0.2) is 6.10 Å². The largest absolute Gasteiger partial charge is 0.449 e. The molecule has 1 atom stereocenters. The number of hydrogen-bond acceptors (Lipinski definition) is 7. The van der Waals surface area contributed by atoms with Gasteiger partial charge in [0.1, 0.15) is 5.82 Å². The highest BCUT2D eigenvalue weighted by molar-refractivity contribution is 7.92. The van der Waals surface area contributed by atoms with Crippen LogP contribution in [0.3, 0.4) is 0 Å². The zero-order valence-electron chi connectivity index (χ0n) is 19.2. The number of nitrogens with one attached hydrogen (secondary N) is 1. The minimum Gasteiger partial charge on any atom is -0.449 e. The molecule has 1 unspecified atom stereocenters. The lowest BCUT2D eigenvalue weighted by Crippen LogP contribution is -2.16. The molecule has 4 rings (SSSR count). The molecule has 0 radical (unpaired) electrons. The standard InChI is InChI=1S/C25H22FN3O5S/c1-15-4-7-18(8-5-15)24-28-27-23(34-24)17(3)33-25(30)19-9-6-16(2)22(14-19)35(31,32)29-21-12-10-20(26)11-13-21/h4-14,17,29H,1-3H3. The molecule has 0 aliphatic carbocycles.